The molecule has 0 unspecified atom stereocenters. The number of aromatic amines is 1. The molecule has 2 rings (SSSR count). The summed E-state index contributed by atoms with van der Waals surface area (Å²) in [6.07, 6.45) is 7.50. The van der Waals surface area contributed by atoms with Crippen molar-refractivity contribution in [1.82, 2.24) is 4.98 Å². The number of nitrogens with one attached hydrogen (secondary N) is 1. The smallest absolute Gasteiger partial charge is 0.159 e. The quantitative estimate of drug-likeness (QED) is 0.623. The fourth-order valence-electron chi connectivity index (χ4n) is 1.17. The number of rotatable bonds is 0. The Hall–Kier alpha value is -0.670. The van der Waals surface area contributed by atoms with Crippen molar-refractivity contribution in [3.05, 3.63) is 25.5 Å². The van der Waals surface area contributed by atoms with Gasteiger partial charge in [-0.15, -0.1) is 11.3 Å². The van der Waals surface area contributed by atoms with Crippen LogP contribution in [0.25, 0.3) is 12.2 Å². The summed E-state index contributed by atoms with van der Waals surface area (Å²) in [6, 6.07) is 0. The van der Waals surface area contributed by atoms with Gasteiger partial charge in [-0.1, -0.05) is 17.7 Å². The van der Waals surface area contributed by atoms with Gasteiger partial charge in [0.15, 0.2) is 3.95 Å². The van der Waals surface area contributed by atoms with Crippen molar-refractivity contribution < 1.29 is 0 Å². The van der Waals surface area contributed by atoms with Gasteiger partial charge >= 0.3 is 0 Å². The van der Waals surface area contributed by atoms with E-state index in [2.05, 4.69) is 30.1 Å². The molecule has 1 nitrogen and oxygen atoms in total. The highest BCUT2D eigenvalue weighted by molar-refractivity contribution is 7.73. The molecule has 1 aliphatic rings. The van der Waals surface area contributed by atoms with Crippen LogP contribution in [0.15, 0.2) is 11.6 Å². The van der Waals surface area contributed by atoms with E-state index < -0.39 is 0 Å². The van der Waals surface area contributed by atoms with Gasteiger partial charge in [0.1, 0.15) is 0 Å². The molecule has 1 aliphatic carbocycles. The molecule has 0 spiro atoms. The first-order valence-electron chi connectivity index (χ1n) is 3.82. The molecule has 0 aromatic carbocycles. The average molecular weight is 195 g/mol. The molecule has 1 aromatic heterocycles. The van der Waals surface area contributed by atoms with Gasteiger partial charge in [0.25, 0.3) is 0 Å². The zero-order valence-electron chi connectivity index (χ0n) is 6.76. The molecule has 0 aliphatic heterocycles. The number of aromatic nitrogens is 1. The maximum absolute atomic E-state index is 5.06. The molecule has 1 N–H and O–H groups in total. The first-order valence-corrected chi connectivity index (χ1v) is 5.05. The van der Waals surface area contributed by atoms with Gasteiger partial charge < -0.3 is 4.98 Å². The van der Waals surface area contributed by atoms with Crippen LogP contribution in [-0.2, 0) is 0 Å². The van der Waals surface area contributed by atoms with Gasteiger partial charge in [-0.2, -0.15) is 0 Å². The highest BCUT2D eigenvalue weighted by Crippen LogP contribution is 2.02. The van der Waals surface area contributed by atoms with E-state index >= 15 is 0 Å². The average Bonchev–Trinajstić information content (AvgIpc) is 2.31. The van der Waals surface area contributed by atoms with E-state index in [0.717, 1.165) is 15.7 Å². The molecule has 62 valence electrons. The highest BCUT2D eigenvalue weighted by atomic mass is 32.1. The Labute approximate surface area is 79.8 Å². The lowest BCUT2D eigenvalue weighted by Gasteiger charge is -1.87. The second-order valence-corrected chi connectivity index (χ2v) is 4.60. The summed E-state index contributed by atoms with van der Waals surface area (Å²) in [5, 5.41) is 1.15. The van der Waals surface area contributed by atoms with Crippen molar-refractivity contribution in [2.75, 3.05) is 0 Å². The predicted molar refractivity (Wildman–Crippen MR) is 56.1 cm³/mol. The Kier molecular flexibility index (Phi) is 1.98. The molecule has 0 bridgehead atoms. The largest absolute Gasteiger partial charge is 0.337 e. The van der Waals surface area contributed by atoms with Crippen LogP contribution in [0.3, 0.4) is 0 Å². The summed E-state index contributed by atoms with van der Waals surface area (Å²) < 4.78 is 2.13. The predicted octanol–water partition coefficient (Wildman–Crippen LogP) is 1.72. The van der Waals surface area contributed by atoms with E-state index in [-0.39, 0.29) is 0 Å². The first-order chi connectivity index (χ1) is 5.75. The fraction of sp³-hybridized carbons (Fsp3) is 0.222. The van der Waals surface area contributed by atoms with Gasteiger partial charge in [-0.3, -0.25) is 0 Å². The molecule has 0 saturated heterocycles. The standard InChI is InChI=1S/C9H9NS2/c1-6-2-4-7-8(5-3-6)12-9(11)10-7/h2,4-5H,3H2,1H3,(H,10,11). The van der Waals surface area contributed by atoms with Crippen LogP contribution in [0.1, 0.15) is 13.3 Å². The van der Waals surface area contributed by atoms with Gasteiger partial charge in [-0.25, -0.2) is 0 Å². The molecule has 0 radical (unpaired) electrons. The third kappa shape index (κ3) is 1.42. The second kappa shape index (κ2) is 2.99. The minimum atomic E-state index is 0.862. The first kappa shape index (κ1) is 7.95. The minimum absolute atomic E-state index is 0.862. The van der Waals surface area contributed by atoms with E-state index in [1.165, 1.54) is 10.1 Å². The van der Waals surface area contributed by atoms with Gasteiger partial charge in [0.2, 0.25) is 0 Å². The fourth-order valence-corrected chi connectivity index (χ4v) is 2.31. The summed E-state index contributed by atoms with van der Waals surface area (Å²) >= 11 is 6.70. The van der Waals surface area contributed by atoms with Gasteiger partial charge in [0, 0.05) is 4.53 Å². The van der Waals surface area contributed by atoms with Crippen LogP contribution in [-0.4, -0.2) is 4.98 Å². The van der Waals surface area contributed by atoms with Crippen molar-refractivity contribution >= 4 is 35.7 Å². The number of thiazole rings is 1. The van der Waals surface area contributed by atoms with Crippen LogP contribution in [0, 0.1) is 3.95 Å². The van der Waals surface area contributed by atoms with Crippen LogP contribution >= 0.6 is 23.6 Å². The molecule has 0 atom stereocenters. The zero-order valence-corrected chi connectivity index (χ0v) is 8.39. The Bertz CT molecular complexity index is 487. The SMILES string of the molecule is CC1=CC=c2[nH]c(=S)sc2=CC1. The molecule has 0 amide bonds. The third-order valence-electron chi connectivity index (χ3n) is 1.85. The van der Waals surface area contributed by atoms with Crippen molar-refractivity contribution in [2.45, 2.75) is 13.3 Å². The minimum Gasteiger partial charge on any atom is -0.337 e. The topological polar surface area (TPSA) is 15.8 Å². The molecule has 1 heterocycles. The van der Waals surface area contributed by atoms with E-state index in [0.29, 0.717) is 0 Å². The lowest BCUT2D eigenvalue weighted by atomic mass is 10.2. The summed E-state index contributed by atoms with van der Waals surface area (Å²) in [4.78, 5) is 3.16. The lowest BCUT2D eigenvalue weighted by molar-refractivity contribution is 1.27. The van der Waals surface area contributed by atoms with Crippen LogP contribution in [0.5, 0.6) is 0 Å². The highest BCUT2D eigenvalue weighted by Gasteiger charge is 1.94. The normalized spacial score (nSPS) is 15.2. The zero-order chi connectivity index (χ0) is 8.55. The van der Waals surface area contributed by atoms with Crippen molar-refractivity contribution in [1.29, 1.82) is 0 Å². The lowest BCUT2D eigenvalue weighted by Crippen LogP contribution is -2.19. The number of hydrogen-bond donors (Lipinski definition) is 1. The van der Waals surface area contributed by atoms with Crippen LogP contribution in [0.2, 0.25) is 0 Å². The number of hydrogen-bond acceptors (Lipinski definition) is 2. The Morgan fingerprint density at radius 2 is 2.33 bits per heavy atom. The Morgan fingerprint density at radius 3 is 3.17 bits per heavy atom. The molecule has 1 aromatic rings. The molecule has 0 saturated carbocycles. The second-order valence-electron chi connectivity index (χ2n) is 2.88. The molecule has 12 heavy (non-hydrogen) atoms. The van der Waals surface area contributed by atoms with Crippen molar-refractivity contribution in [2.24, 2.45) is 0 Å². The Balaban J connectivity index is 2.79. The van der Waals surface area contributed by atoms with Crippen LogP contribution < -0.4 is 9.88 Å². The number of fused-ring (bicyclic) bond motifs is 1. The summed E-state index contributed by atoms with van der Waals surface area (Å²) in [6.45, 7) is 2.14. The van der Waals surface area contributed by atoms with Crippen LogP contribution in [0.4, 0.5) is 0 Å². The van der Waals surface area contributed by atoms with E-state index in [4.69, 9.17) is 12.2 Å². The monoisotopic (exact) mass is 195 g/mol. The van der Waals surface area contributed by atoms with E-state index in [1.807, 2.05) is 0 Å². The van der Waals surface area contributed by atoms with Gasteiger partial charge in [-0.05, 0) is 31.6 Å². The van der Waals surface area contributed by atoms with Crippen molar-refractivity contribution in [3.63, 3.8) is 0 Å². The van der Waals surface area contributed by atoms with E-state index in [9.17, 15) is 0 Å². The number of H-pyrrole nitrogens is 1. The maximum Gasteiger partial charge on any atom is 0.159 e. The summed E-state index contributed by atoms with van der Waals surface area (Å²) in [7, 11) is 0. The molecule has 3 heteroatoms. The molecular formula is C9H9NS2. The molecule has 0 fully saturated rings. The van der Waals surface area contributed by atoms with E-state index in [1.54, 1.807) is 11.3 Å². The Morgan fingerprint density at radius 1 is 1.50 bits per heavy atom. The maximum atomic E-state index is 5.06. The summed E-state index contributed by atoms with van der Waals surface area (Å²) in [5.41, 5.74) is 1.39. The summed E-state index contributed by atoms with van der Waals surface area (Å²) in [5.74, 6) is 0. The van der Waals surface area contributed by atoms with Crippen molar-refractivity contribution in [3.8, 4) is 0 Å². The number of allylic oxidation sites excluding steroid dienone is 2. The molecular weight excluding hydrogens is 186 g/mol. The third-order valence-corrected chi connectivity index (χ3v) is 3.09. The van der Waals surface area contributed by atoms with Gasteiger partial charge in [0.05, 0.1) is 5.35 Å².